The molecular formula is C16H17N5O2S. The van der Waals surface area contributed by atoms with Crippen LogP contribution in [0.1, 0.15) is 34.4 Å². The van der Waals surface area contributed by atoms with Gasteiger partial charge in [0.1, 0.15) is 5.01 Å². The third kappa shape index (κ3) is 3.05. The van der Waals surface area contributed by atoms with Crippen LogP contribution in [0.25, 0.3) is 10.9 Å². The summed E-state index contributed by atoms with van der Waals surface area (Å²) in [6, 6.07) is 5.49. The van der Waals surface area contributed by atoms with Gasteiger partial charge in [0.2, 0.25) is 10.6 Å². The number of carbonyl (C=O) groups is 1. The average molecular weight is 343 g/mol. The van der Waals surface area contributed by atoms with Crippen LogP contribution in [0.2, 0.25) is 0 Å². The molecule has 1 N–H and O–H groups in total. The minimum atomic E-state index is -0.571. The van der Waals surface area contributed by atoms with E-state index in [1.807, 2.05) is 26.0 Å². The van der Waals surface area contributed by atoms with Gasteiger partial charge in [-0.15, -0.1) is 10.2 Å². The zero-order chi connectivity index (χ0) is 17.3. The fraction of sp³-hybridized carbons (Fsp3) is 0.312. The number of fused-ring (bicyclic) bond motifs is 1. The maximum absolute atomic E-state index is 12.6. The first-order valence-corrected chi connectivity index (χ1v) is 8.42. The third-order valence-corrected chi connectivity index (χ3v) is 4.48. The lowest BCUT2D eigenvalue weighted by molar-refractivity contribution is 0.101. The number of benzene rings is 1. The number of hydrogen-bond acceptors (Lipinski definition) is 6. The van der Waals surface area contributed by atoms with E-state index in [1.54, 1.807) is 13.1 Å². The van der Waals surface area contributed by atoms with Crippen LogP contribution in [0.4, 0.5) is 5.13 Å². The molecule has 0 aliphatic carbocycles. The molecule has 0 saturated carbocycles. The Morgan fingerprint density at radius 3 is 2.88 bits per heavy atom. The van der Waals surface area contributed by atoms with E-state index in [4.69, 9.17) is 0 Å². The molecule has 2 aromatic heterocycles. The molecule has 0 atom stereocenters. The Hall–Kier alpha value is -2.61. The van der Waals surface area contributed by atoms with Gasteiger partial charge < -0.3 is 0 Å². The lowest BCUT2D eigenvalue weighted by Gasteiger charge is -2.07. The largest absolute Gasteiger partial charge is 0.295 e. The minimum Gasteiger partial charge on any atom is -0.295 e. The molecule has 0 spiro atoms. The topological polar surface area (TPSA) is 89.8 Å². The first kappa shape index (κ1) is 16.3. The van der Waals surface area contributed by atoms with E-state index in [9.17, 15) is 9.59 Å². The van der Waals surface area contributed by atoms with Crippen LogP contribution in [0, 0.1) is 6.92 Å². The quantitative estimate of drug-likeness (QED) is 0.785. The number of hydrogen-bond donors (Lipinski definition) is 1. The predicted molar refractivity (Wildman–Crippen MR) is 93.6 cm³/mol. The van der Waals surface area contributed by atoms with E-state index in [2.05, 4.69) is 20.6 Å². The van der Waals surface area contributed by atoms with Gasteiger partial charge in [-0.1, -0.05) is 29.9 Å². The number of aromatic nitrogens is 4. The summed E-state index contributed by atoms with van der Waals surface area (Å²) in [5.41, 5.74) is 1.10. The highest BCUT2D eigenvalue weighted by atomic mass is 32.1. The van der Waals surface area contributed by atoms with Gasteiger partial charge in [-0.3, -0.25) is 19.6 Å². The van der Waals surface area contributed by atoms with Crippen molar-refractivity contribution in [1.29, 1.82) is 0 Å². The molecule has 0 bridgehead atoms. The van der Waals surface area contributed by atoms with Gasteiger partial charge in [0.25, 0.3) is 5.91 Å². The van der Waals surface area contributed by atoms with E-state index in [0.29, 0.717) is 16.0 Å². The number of amides is 1. The number of carbonyl (C=O) groups excluding carboxylic acids is 1. The smallest absolute Gasteiger partial charge is 0.282 e. The Balaban J connectivity index is 1.97. The molecule has 1 amide bonds. The lowest BCUT2D eigenvalue weighted by Crippen LogP contribution is -2.26. The monoisotopic (exact) mass is 343 g/mol. The van der Waals surface area contributed by atoms with E-state index in [1.165, 1.54) is 16.0 Å². The summed E-state index contributed by atoms with van der Waals surface area (Å²) >= 11 is 1.31. The van der Waals surface area contributed by atoms with E-state index < -0.39 is 5.91 Å². The minimum absolute atomic E-state index is 0.150. The zero-order valence-corrected chi connectivity index (χ0v) is 14.5. The third-order valence-electron chi connectivity index (χ3n) is 3.58. The zero-order valence-electron chi connectivity index (χ0n) is 13.7. The maximum atomic E-state index is 12.6. The van der Waals surface area contributed by atoms with Crippen LogP contribution < -0.4 is 10.7 Å². The molecule has 0 aliphatic heterocycles. The van der Waals surface area contributed by atoms with Crippen molar-refractivity contribution < 1.29 is 4.79 Å². The van der Waals surface area contributed by atoms with Gasteiger partial charge in [0, 0.05) is 13.5 Å². The summed E-state index contributed by atoms with van der Waals surface area (Å²) in [6.07, 6.45) is 1.76. The molecule has 0 saturated heterocycles. The predicted octanol–water partition coefficient (Wildman–Crippen LogP) is 2.30. The van der Waals surface area contributed by atoms with Gasteiger partial charge >= 0.3 is 0 Å². The van der Waals surface area contributed by atoms with Crippen molar-refractivity contribution in [3.63, 3.8) is 0 Å². The van der Waals surface area contributed by atoms with Gasteiger partial charge in [0.15, 0.2) is 5.69 Å². The van der Waals surface area contributed by atoms with E-state index >= 15 is 0 Å². The Labute approximate surface area is 142 Å². The van der Waals surface area contributed by atoms with Crippen molar-refractivity contribution in [3.05, 3.63) is 44.7 Å². The standard InChI is InChI=1S/C16H17N5O2S/c1-4-5-12-18-19-16(24-12)17-15(23)13-14(22)10-8-9(2)6-7-11(10)21(3)20-13/h6-8H,4-5H2,1-3H3,(H,17,19,23). The van der Waals surface area contributed by atoms with Crippen molar-refractivity contribution >= 4 is 33.3 Å². The van der Waals surface area contributed by atoms with Crippen LogP contribution in [0.15, 0.2) is 23.0 Å². The normalized spacial score (nSPS) is 11.0. The highest BCUT2D eigenvalue weighted by Gasteiger charge is 2.18. The van der Waals surface area contributed by atoms with Crippen molar-refractivity contribution in [2.24, 2.45) is 7.05 Å². The summed E-state index contributed by atoms with van der Waals surface area (Å²) in [5.74, 6) is -0.571. The van der Waals surface area contributed by atoms with Crippen LogP contribution in [0.3, 0.4) is 0 Å². The Bertz CT molecular complexity index is 976. The summed E-state index contributed by atoms with van der Waals surface area (Å²) < 4.78 is 1.54. The van der Waals surface area contributed by atoms with Gasteiger partial charge in [-0.05, 0) is 25.5 Å². The summed E-state index contributed by atoms with van der Waals surface area (Å²) in [6.45, 7) is 3.94. The van der Waals surface area contributed by atoms with E-state index in [0.717, 1.165) is 23.4 Å². The molecule has 3 rings (SSSR count). The summed E-state index contributed by atoms with van der Waals surface area (Å²) in [5, 5.41) is 16.4. The van der Waals surface area contributed by atoms with Gasteiger partial charge in [-0.25, -0.2) is 0 Å². The first-order valence-electron chi connectivity index (χ1n) is 7.61. The molecule has 24 heavy (non-hydrogen) atoms. The second-order valence-corrected chi connectivity index (χ2v) is 6.59. The Morgan fingerprint density at radius 2 is 2.12 bits per heavy atom. The molecule has 3 aromatic rings. The molecule has 2 heterocycles. The van der Waals surface area contributed by atoms with Crippen LogP contribution in [0.5, 0.6) is 0 Å². The fourth-order valence-electron chi connectivity index (χ4n) is 2.41. The molecule has 8 heteroatoms. The molecule has 0 aliphatic rings. The van der Waals surface area contributed by atoms with Crippen LogP contribution in [-0.4, -0.2) is 25.9 Å². The SMILES string of the molecule is CCCc1nnc(NC(=O)c2nn(C)c3ccc(C)cc3c2=O)s1. The molecule has 124 valence electrons. The number of anilines is 1. The van der Waals surface area contributed by atoms with Gasteiger partial charge in [0.05, 0.1) is 10.9 Å². The lowest BCUT2D eigenvalue weighted by atomic mass is 10.1. The average Bonchev–Trinajstić information content (AvgIpc) is 2.98. The summed E-state index contributed by atoms with van der Waals surface area (Å²) in [7, 11) is 1.71. The molecule has 1 aromatic carbocycles. The molecule has 0 unspecified atom stereocenters. The maximum Gasteiger partial charge on any atom is 0.282 e. The number of aryl methyl sites for hydroxylation is 3. The van der Waals surface area contributed by atoms with Gasteiger partial charge in [-0.2, -0.15) is 5.10 Å². The van der Waals surface area contributed by atoms with Crippen LogP contribution >= 0.6 is 11.3 Å². The number of nitrogens with zero attached hydrogens (tertiary/aromatic N) is 4. The molecule has 0 radical (unpaired) electrons. The molecule has 0 fully saturated rings. The Kier molecular flexibility index (Phi) is 4.39. The van der Waals surface area contributed by atoms with Crippen molar-refractivity contribution in [3.8, 4) is 0 Å². The first-order chi connectivity index (χ1) is 11.5. The highest BCUT2D eigenvalue weighted by molar-refractivity contribution is 7.15. The van der Waals surface area contributed by atoms with Crippen molar-refractivity contribution in [2.45, 2.75) is 26.7 Å². The second-order valence-electron chi connectivity index (χ2n) is 5.53. The highest BCUT2D eigenvalue weighted by Crippen LogP contribution is 2.17. The van der Waals surface area contributed by atoms with E-state index in [-0.39, 0.29) is 11.1 Å². The number of rotatable bonds is 4. The van der Waals surface area contributed by atoms with Crippen LogP contribution in [-0.2, 0) is 13.5 Å². The number of nitrogens with one attached hydrogen (secondary N) is 1. The second kappa shape index (κ2) is 6.48. The summed E-state index contributed by atoms with van der Waals surface area (Å²) in [4.78, 5) is 25.0. The fourth-order valence-corrected chi connectivity index (χ4v) is 3.25. The van der Waals surface area contributed by atoms with Crippen molar-refractivity contribution in [1.82, 2.24) is 20.0 Å². The molecule has 7 nitrogen and oxygen atoms in total. The molecular weight excluding hydrogens is 326 g/mol. The Morgan fingerprint density at radius 1 is 1.33 bits per heavy atom. The van der Waals surface area contributed by atoms with Crippen molar-refractivity contribution in [2.75, 3.05) is 5.32 Å².